The third kappa shape index (κ3) is 3.01. The Labute approximate surface area is 149 Å². The van der Waals surface area contributed by atoms with E-state index in [1.54, 1.807) is 6.20 Å². The molecule has 0 aliphatic heterocycles. The largest absolute Gasteiger partial charge is 0.370 e. The number of pyridine rings is 1. The molecule has 0 fully saturated rings. The summed E-state index contributed by atoms with van der Waals surface area (Å²) in [6, 6.07) is 3.68. The number of H-pyrrole nitrogens is 1. The molecule has 138 valence electrons. The first-order valence-electron chi connectivity index (χ1n) is 8.56. The number of hydrogen-bond acceptors (Lipinski definition) is 7. The summed E-state index contributed by atoms with van der Waals surface area (Å²) < 4.78 is 2.24. The maximum atomic E-state index is 12.6. The number of anilines is 1. The molecule has 3 aromatic rings. The highest BCUT2D eigenvalue weighted by Gasteiger charge is 2.17. The van der Waals surface area contributed by atoms with Crippen LogP contribution in [-0.2, 0) is 0 Å². The van der Waals surface area contributed by atoms with Gasteiger partial charge in [0.15, 0.2) is 11.2 Å². The van der Waals surface area contributed by atoms with E-state index in [9.17, 15) is 9.59 Å². The Balaban J connectivity index is 2.18. The summed E-state index contributed by atoms with van der Waals surface area (Å²) in [4.78, 5) is 37.0. The lowest BCUT2D eigenvalue weighted by Crippen LogP contribution is -2.47. The molecule has 0 spiro atoms. The zero-order chi connectivity index (χ0) is 18.7. The zero-order valence-corrected chi connectivity index (χ0v) is 15.0. The van der Waals surface area contributed by atoms with Crippen molar-refractivity contribution in [2.45, 2.75) is 20.8 Å². The molecule has 0 aromatic carbocycles. The van der Waals surface area contributed by atoms with Gasteiger partial charge >= 0.3 is 11.2 Å². The molecule has 0 saturated heterocycles. The van der Waals surface area contributed by atoms with Crippen molar-refractivity contribution < 1.29 is 0 Å². The number of nitrogens with zero attached hydrogens (tertiary/aromatic N) is 4. The van der Waals surface area contributed by atoms with Gasteiger partial charge in [0.1, 0.15) is 11.6 Å². The molecule has 3 rings (SSSR count). The van der Waals surface area contributed by atoms with Crippen molar-refractivity contribution in [3.8, 4) is 11.4 Å². The van der Waals surface area contributed by atoms with Crippen LogP contribution in [0.15, 0.2) is 27.9 Å². The number of imidazole rings is 1. The van der Waals surface area contributed by atoms with Crippen molar-refractivity contribution in [3.63, 3.8) is 0 Å². The van der Waals surface area contributed by atoms with Gasteiger partial charge in [-0.05, 0) is 32.9 Å². The Morgan fingerprint density at radius 2 is 1.77 bits per heavy atom. The van der Waals surface area contributed by atoms with Crippen LogP contribution < -0.4 is 27.4 Å². The highest BCUT2D eigenvalue weighted by atomic mass is 16.2. The Kier molecular flexibility index (Phi) is 4.92. The van der Waals surface area contributed by atoms with E-state index < -0.39 is 11.2 Å². The molecule has 0 radical (unpaired) electrons. The first-order valence-corrected chi connectivity index (χ1v) is 8.56. The second kappa shape index (κ2) is 7.30. The highest BCUT2D eigenvalue weighted by molar-refractivity contribution is 5.75. The fourth-order valence-corrected chi connectivity index (χ4v) is 2.62. The van der Waals surface area contributed by atoms with E-state index in [-0.39, 0.29) is 11.2 Å². The predicted octanol–water partition coefficient (Wildman–Crippen LogP) is 0.507. The SMILES string of the molecule is CCNc1ccc(-c2nc3c([nH]2)c(=O)n(NCC)c(=O)n3NCC)cn1. The number of nitrogens with one attached hydrogen (secondary N) is 4. The van der Waals surface area contributed by atoms with Gasteiger partial charge in [-0.15, -0.1) is 0 Å². The van der Waals surface area contributed by atoms with Crippen LogP contribution in [0.5, 0.6) is 0 Å². The van der Waals surface area contributed by atoms with Gasteiger partial charge in [0.2, 0.25) is 0 Å². The second-order valence-electron chi connectivity index (χ2n) is 5.53. The summed E-state index contributed by atoms with van der Waals surface area (Å²) in [5.74, 6) is 1.22. The van der Waals surface area contributed by atoms with E-state index in [1.807, 2.05) is 32.9 Å². The normalized spacial score (nSPS) is 10.9. The van der Waals surface area contributed by atoms with E-state index in [0.29, 0.717) is 24.5 Å². The van der Waals surface area contributed by atoms with E-state index >= 15 is 0 Å². The third-order valence-electron chi connectivity index (χ3n) is 3.72. The molecule has 0 bridgehead atoms. The standard InChI is InChI=1S/C16H22N8O2/c1-4-17-11-8-7-10(9-18-11)13-21-12-14(22-13)23(19-5-2)16(26)24(15(12)25)20-6-3/h7-9,19-20H,4-6H2,1-3H3,(H,17,18)(H,21,22). The Bertz CT molecular complexity index is 1020. The van der Waals surface area contributed by atoms with Crippen LogP contribution in [0.25, 0.3) is 22.6 Å². The number of rotatable bonds is 7. The summed E-state index contributed by atoms with van der Waals surface area (Å²) in [5.41, 5.74) is 5.90. The molecule has 0 aliphatic carbocycles. The van der Waals surface area contributed by atoms with Crippen LogP contribution in [-0.4, -0.2) is 43.9 Å². The second-order valence-corrected chi connectivity index (χ2v) is 5.53. The van der Waals surface area contributed by atoms with Crippen LogP contribution in [0.1, 0.15) is 20.8 Å². The van der Waals surface area contributed by atoms with E-state index in [2.05, 4.69) is 31.1 Å². The molecule has 0 amide bonds. The topological polar surface area (TPSA) is 122 Å². The van der Waals surface area contributed by atoms with Gasteiger partial charge in [0, 0.05) is 31.4 Å². The van der Waals surface area contributed by atoms with Gasteiger partial charge in [0.25, 0.3) is 0 Å². The molecule has 0 saturated carbocycles. The summed E-state index contributed by atoms with van der Waals surface area (Å²) in [6.45, 7) is 7.37. The first kappa shape index (κ1) is 17.5. The lowest BCUT2D eigenvalue weighted by atomic mass is 10.2. The quantitative estimate of drug-likeness (QED) is 0.485. The van der Waals surface area contributed by atoms with Gasteiger partial charge < -0.3 is 21.2 Å². The average Bonchev–Trinajstić information content (AvgIpc) is 3.08. The van der Waals surface area contributed by atoms with Crippen molar-refractivity contribution in [1.82, 2.24) is 24.3 Å². The van der Waals surface area contributed by atoms with Crippen molar-refractivity contribution in [1.29, 1.82) is 0 Å². The molecule has 0 aliphatic rings. The summed E-state index contributed by atoms with van der Waals surface area (Å²) in [7, 11) is 0. The van der Waals surface area contributed by atoms with Gasteiger partial charge in [-0.2, -0.15) is 9.35 Å². The molecule has 10 heteroatoms. The molecular weight excluding hydrogens is 336 g/mol. The van der Waals surface area contributed by atoms with Crippen molar-refractivity contribution >= 4 is 17.0 Å². The fraction of sp³-hybridized carbons (Fsp3) is 0.375. The van der Waals surface area contributed by atoms with E-state index in [4.69, 9.17) is 0 Å². The minimum atomic E-state index is -0.523. The lowest BCUT2D eigenvalue weighted by molar-refractivity contribution is 0.694. The van der Waals surface area contributed by atoms with Crippen LogP contribution in [0, 0.1) is 0 Å². The Morgan fingerprint density at radius 3 is 2.38 bits per heavy atom. The minimum absolute atomic E-state index is 0.234. The number of hydrogen-bond donors (Lipinski definition) is 4. The van der Waals surface area contributed by atoms with E-state index in [1.165, 1.54) is 4.68 Å². The van der Waals surface area contributed by atoms with Crippen molar-refractivity contribution in [3.05, 3.63) is 39.2 Å². The number of aromatic nitrogens is 5. The average molecular weight is 358 g/mol. The maximum Gasteiger partial charge on any atom is 0.370 e. The molecule has 26 heavy (non-hydrogen) atoms. The molecule has 0 atom stereocenters. The molecule has 3 heterocycles. The van der Waals surface area contributed by atoms with Gasteiger partial charge in [0.05, 0.1) is 0 Å². The van der Waals surface area contributed by atoms with Crippen LogP contribution in [0.4, 0.5) is 5.82 Å². The Morgan fingerprint density at radius 1 is 1.04 bits per heavy atom. The molecule has 10 nitrogen and oxygen atoms in total. The monoisotopic (exact) mass is 358 g/mol. The van der Waals surface area contributed by atoms with Gasteiger partial charge in [-0.25, -0.2) is 14.8 Å². The van der Waals surface area contributed by atoms with Crippen molar-refractivity contribution in [2.24, 2.45) is 0 Å². The fourth-order valence-electron chi connectivity index (χ4n) is 2.62. The van der Waals surface area contributed by atoms with Crippen molar-refractivity contribution in [2.75, 3.05) is 35.8 Å². The van der Waals surface area contributed by atoms with Crippen LogP contribution in [0.3, 0.4) is 0 Å². The third-order valence-corrected chi connectivity index (χ3v) is 3.72. The lowest BCUT2D eigenvalue weighted by Gasteiger charge is -2.11. The molecule has 4 N–H and O–H groups in total. The Hall–Kier alpha value is -3.30. The highest BCUT2D eigenvalue weighted by Crippen LogP contribution is 2.18. The molecule has 0 unspecified atom stereocenters. The van der Waals surface area contributed by atoms with Gasteiger partial charge in [-0.1, -0.05) is 0 Å². The predicted molar refractivity (Wildman–Crippen MR) is 102 cm³/mol. The smallest absolute Gasteiger partial charge is 0.370 e. The maximum absolute atomic E-state index is 12.6. The van der Waals surface area contributed by atoms with Crippen LogP contribution in [0.2, 0.25) is 0 Å². The number of aromatic amines is 1. The first-order chi connectivity index (χ1) is 12.6. The minimum Gasteiger partial charge on any atom is -0.370 e. The van der Waals surface area contributed by atoms with Gasteiger partial charge in [-0.3, -0.25) is 4.79 Å². The number of fused-ring (bicyclic) bond motifs is 1. The molecular formula is C16H22N8O2. The summed E-state index contributed by atoms with van der Waals surface area (Å²) in [5, 5.41) is 3.12. The van der Waals surface area contributed by atoms with E-state index in [0.717, 1.165) is 17.0 Å². The summed E-state index contributed by atoms with van der Waals surface area (Å²) in [6.07, 6.45) is 1.66. The molecule has 3 aromatic heterocycles. The zero-order valence-electron chi connectivity index (χ0n) is 15.0. The summed E-state index contributed by atoms with van der Waals surface area (Å²) >= 11 is 0. The van der Waals surface area contributed by atoms with Crippen LogP contribution >= 0.6 is 0 Å².